The first kappa shape index (κ1) is 26.2. The molecule has 1 N–H and O–H groups in total. The van der Waals surface area contributed by atoms with E-state index >= 15 is 0 Å². The Labute approximate surface area is 220 Å². The first-order chi connectivity index (χ1) is 18.5. The van der Waals surface area contributed by atoms with Gasteiger partial charge in [-0.1, -0.05) is 67.2 Å². The third-order valence-electron chi connectivity index (χ3n) is 5.63. The van der Waals surface area contributed by atoms with E-state index in [2.05, 4.69) is 11.6 Å². The molecule has 38 heavy (non-hydrogen) atoms. The van der Waals surface area contributed by atoms with Gasteiger partial charge in [-0.2, -0.15) is 0 Å². The van der Waals surface area contributed by atoms with Crippen LogP contribution in [0.25, 0.3) is 17.5 Å². The molecule has 0 atom stereocenters. The number of oxazole rings is 1. The molecule has 1 aromatic heterocycles. The lowest BCUT2D eigenvalue weighted by molar-refractivity contribution is -0.138. The van der Waals surface area contributed by atoms with Crippen LogP contribution >= 0.6 is 0 Å². The second-order valence-electron chi connectivity index (χ2n) is 8.43. The Kier molecular flexibility index (Phi) is 8.91. The summed E-state index contributed by atoms with van der Waals surface area (Å²) in [5.74, 6) is 0.662. The van der Waals surface area contributed by atoms with Gasteiger partial charge in [-0.3, -0.25) is 9.69 Å². The Balaban J connectivity index is 1.31. The standard InChI is InChI=1S/C30H28N2O6/c1-2-27-26(31-29(38-27)24-11-7-4-8-12-24)17-18-36-25-15-13-22(14-16-25)19-32(20-28(33)34)30(35)37-21-23-9-5-3-6-10-23/h2-16H,1,17-21H2,(H,33,34). The van der Waals surface area contributed by atoms with Crippen molar-refractivity contribution in [3.63, 3.8) is 0 Å². The predicted molar refractivity (Wildman–Crippen MR) is 142 cm³/mol. The summed E-state index contributed by atoms with van der Waals surface area (Å²) in [6, 6.07) is 26.0. The van der Waals surface area contributed by atoms with Crippen LogP contribution in [0.3, 0.4) is 0 Å². The zero-order valence-electron chi connectivity index (χ0n) is 20.8. The van der Waals surface area contributed by atoms with Gasteiger partial charge in [0, 0.05) is 18.5 Å². The summed E-state index contributed by atoms with van der Waals surface area (Å²) in [5.41, 5.74) is 3.21. The highest BCUT2D eigenvalue weighted by Crippen LogP contribution is 2.23. The summed E-state index contributed by atoms with van der Waals surface area (Å²) in [6.07, 6.45) is 1.47. The van der Waals surface area contributed by atoms with Crippen molar-refractivity contribution < 1.29 is 28.6 Å². The molecule has 0 aliphatic heterocycles. The second kappa shape index (κ2) is 12.9. The number of carboxylic acid groups (broad SMARTS) is 1. The van der Waals surface area contributed by atoms with E-state index in [4.69, 9.17) is 13.9 Å². The zero-order valence-corrected chi connectivity index (χ0v) is 20.8. The van der Waals surface area contributed by atoms with Crippen LogP contribution in [0.5, 0.6) is 5.75 Å². The molecular formula is C30H28N2O6. The fourth-order valence-electron chi connectivity index (χ4n) is 3.74. The van der Waals surface area contributed by atoms with Crippen molar-refractivity contribution in [1.29, 1.82) is 0 Å². The quantitative estimate of drug-likeness (QED) is 0.255. The van der Waals surface area contributed by atoms with Crippen molar-refractivity contribution in [2.45, 2.75) is 19.6 Å². The lowest BCUT2D eigenvalue weighted by Gasteiger charge is -2.20. The Hall–Kier alpha value is -4.85. The molecule has 8 nitrogen and oxygen atoms in total. The maximum absolute atomic E-state index is 12.5. The van der Waals surface area contributed by atoms with E-state index in [1.165, 1.54) is 0 Å². The molecule has 3 aromatic carbocycles. The average molecular weight is 513 g/mol. The average Bonchev–Trinajstić information content (AvgIpc) is 3.36. The maximum atomic E-state index is 12.5. The van der Waals surface area contributed by atoms with Crippen molar-refractivity contribution in [1.82, 2.24) is 9.88 Å². The number of amides is 1. The van der Waals surface area contributed by atoms with Crippen LogP contribution < -0.4 is 4.74 Å². The van der Waals surface area contributed by atoms with Gasteiger partial charge in [-0.15, -0.1) is 0 Å². The van der Waals surface area contributed by atoms with Gasteiger partial charge in [0.05, 0.1) is 12.3 Å². The third-order valence-corrected chi connectivity index (χ3v) is 5.63. The number of carbonyl (C=O) groups is 2. The fraction of sp³-hybridized carbons (Fsp3) is 0.167. The summed E-state index contributed by atoms with van der Waals surface area (Å²) >= 11 is 0. The number of hydrogen-bond donors (Lipinski definition) is 1. The van der Waals surface area contributed by atoms with Crippen LogP contribution in [0, 0.1) is 0 Å². The number of carbonyl (C=O) groups excluding carboxylic acids is 1. The number of nitrogens with zero attached hydrogens (tertiary/aromatic N) is 2. The van der Waals surface area contributed by atoms with E-state index in [1.807, 2.05) is 60.7 Å². The van der Waals surface area contributed by atoms with Gasteiger partial charge >= 0.3 is 12.1 Å². The number of rotatable bonds is 12. The summed E-state index contributed by atoms with van der Waals surface area (Å²) in [7, 11) is 0. The molecule has 8 heteroatoms. The SMILES string of the molecule is C=Cc1oc(-c2ccccc2)nc1CCOc1ccc(CN(CC(=O)O)C(=O)OCc2ccccc2)cc1. The van der Waals surface area contributed by atoms with Gasteiger partial charge in [-0.05, 0) is 41.5 Å². The minimum atomic E-state index is -1.12. The number of ether oxygens (including phenoxy) is 2. The largest absolute Gasteiger partial charge is 0.493 e. The van der Waals surface area contributed by atoms with E-state index < -0.39 is 18.6 Å². The predicted octanol–water partition coefficient (Wildman–Crippen LogP) is 5.83. The Morgan fingerprint density at radius 1 is 0.947 bits per heavy atom. The molecule has 1 amide bonds. The smallest absolute Gasteiger partial charge is 0.410 e. The monoisotopic (exact) mass is 512 g/mol. The summed E-state index contributed by atoms with van der Waals surface area (Å²) < 4.78 is 17.0. The van der Waals surface area contributed by atoms with E-state index in [1.54, 1.807) is 30.3 Å². The van der Waals surface area contributed by atoms with Crippen molar-refractivity contribution in [3.8, 4) is 17.2 Å². The Morgan fingerprint density at radius 2 is 1.63 bits per heavy atom. The van der Waals surface area contributed by atoms with Crippen molar-refractivity contribution in [3.05, 3.63) is 114 Å². The first-order valence-corrected chi connectivity index (χ1v) is 12.1. The zero-order chi connectivity index (χ0) is 26.7. The van der Waals surface area contributed by atoms with Gasteiger partial charge in [0.2, 0.25) is 5.89 Å². The molecule has 0 saturated carbocycles. The van der Waals surface area contributed by atoms with Crippen LogP contribution in [-0.4, -0.2) is 40.2 Å². The summed E-state index contributed by atoms with van der Waals surface area (Å²) in [4.78, 5) is 29.6. The number of aliphatic carboxylic acids is 1. The molecular weight excluding hydrogens is 484 g/mol. The topological polar surface area (TPSA) is 102 Å². The van der Waals surface area contributed by atoms with E-state index in [0.717, 1.165) is 27.3 Å². The highest BCUT2D eigenvalue weighted by molar-refractivity contribution is 5.76. The molecule has 0 aliphatic rings. The van der Waals surface area contributed by atoms with E-state index in [-0.39, 0.29) is 13.2 Å². The molecule has 0 radical (unpaired) electrons. The van der Waals surface area contributed by atoms with Crippen LogP contribution in [0.15, 0.2) is 95.9 Å². The third kappa shape index (κ3) is 7.33. The van der Waals surface area contributed by atoms with Crippen LogP contribution in [0.2, 0.25) is 0 Å². The Bertz CT molecular complexity index is 1350. The summed E-state index contributed by atoms with van der Waals surface area (Å²) in [5, 5.41) is 9.25. The molecule has 194 valence electrons. The van der Waals surface area contributed by atoms with Gasteiger partial charge < -0.3 is 19.0 Å². The minimum absolute atomic E-state index is 0.0640. The number of benzene rings is 3. The normalized spacial score (nSPS) is 10.5. The molecule has 0 fully saturated rings. The van der Waals surface area contributed by atoms with Gasteiger partial charge in [0.15, 0.2) is 5.76 Å². The fourth-order valence-corrected chi connectivity index (χ4v) is 3.74. The van der Waals surface area contributed by atoms with Gasteiger partial charge in [0.1, 0.15) is 18.9 Å². The molecule has 4 rings (SSSR count). The van der Waals surface area contributed by atoms with Crippen LogP contribution in [0.4, 0.5) is 4.79 Å². The van der Waals surface area contributed by atoms with Crippen molar-refractivity contribution >= 4 is 18.1 Å². The lowest BCUT2D eigenvalue weighted by Crippen LogP contribution is -2.35. The van der Waals surface area contributed by atoms with Crippen LogP contribution in [0.1, 0.15) is 22.6 Å². The summed E-state index contributed by atoms with van der Waals surface area (Å²) in [6.45, 7) is 3.86. The highest BCUT2D eigenvalue weighted by atomic mass is 16.6. The molecule has 1 heterocycles. The molecule has 0 aliphatic carbocycles. The van der Waals surface area contributed by atoms with Gasteiger partial charge in [0.25, 0.3) is 0 Å². The molecule has 0 saturated heterocycles. The number of hydrogen-bond acceptors (Lipinski definition) is 6. The van der Waals surface area contributed by atoms with E-state index in [0.29, 0.717) is 30.4 Å². The minimum Gasteiger partial charge on any atom is -0.493 e. The van der Waals surface area contributed by atoms with Crippen molar-refractivity contribution in [2.75, 3.05) is 13.2 Å². The van der Waals surface area contributed by atoms with Crippen molar-refractivity contribution in [2.24, 2.45) is 0 Å². The lowest BCUT2D eigenvalue weighted by atomic mass is 10.2. The molecule has 4 aromatic rings. The molecule has 0 spiro atoms. The van der Waals surface area contributed by atoms with Crippen LogP contribution in [-0.2, 0) is 29.1 Å². The molecule has 0 bridgehead atoms. The highest BCUT2D eigenvalue weighted by Gasteiger charge is 2.19. The maximum Gasteiger partial charge on any atom is 0.410 e. The Morgan fingerprint density at radius 3 is 2.29 bits per heavy atom. The van der Waals surface area contributed by atoms with Gasteiger partial charge in [-0.25, -0.2) is 9.78 Å². The van der Waals surface area contributed by atoms with E-state index in [9.17, 15) is 14.7 Å². The second-order valence-corrected chi connectivity index (χ2v) is 8.43. The number of carboxylic acids is 1. The first-order valence-electron chi connectivity index (χ1n) is 12.1. The molecule has 0 unspecified atom stereocenters. The number of aromatic nitrogens is 1.